The first kappa shape index (κ1) is 24.6. The van der Waals surface area contributed by atoms with Gasteiger partial charge in [-0.1, -0.05) is 6.07 Å². The smallest absolute Gasteiger partial charge is 0.251 e. The number of piperazine rings is 1. The van der Waals surface area contributed by atoms with E-state index in [0.717, 1.165) is 25.2 Å². The first-order valence-corrected chi connectivity index (χ1v) is 13.3. The minimum Gasteiger partial charge on any atom is -0.369 e. The normalized spacial score (nSPS) is 20.1. The van der Waals surface area contributed by atoms with E-state index in [2.05, 4.69) is 24.1 Å². The van der Waals surface area contributed by atoms with Gasteiger partial charge < -0.3 is 15.1 Å². The molecule has 7 nitrogen and oxygen atoms in total. The maximum Gasteiger partial charge on any atom is 0.251 e. The van der Waals surface area contributed by atoms with Crippen molar-refractivity contribution in [2.24, 2.45) is 5.92 Å². The van der Waals surface area contributed by atoms with E-state index in [0.29, 0.717) is 50.2 Å². The molecule has 2 fully saturated rings. The second-order valence-electron chi connectivity index (χ2n) is 9.35. The highest BCUT2D eigenvalue weighted by Crippen LogP contribution is 2.22. The molecule has 1 amide bonds. The molecule has 9 heteroatoms. The molecule has 1 atom stereocenters. The molecule has 1 N–H and O–H groups in total. The Kier molecular flexibility index (Phi) is 7.54. The first-order valence-electron chi connectivity index (χ1n) is 11.9. The summed E-state index contributed by atoms with van der Waals surface area (Å²) >= 11 is 0. The van der Waals surface area contributed by atoms with Gasteiger partial charge in [0.25, 0.3) is 5.91 Å². The van der Waals surface area contributed by atoms with Crippen LogP contribution in [0, 0.1) is 11.7 Å². The molecular formula is C25H33FN4O3S. The summed E-state index contributed by atoms with van der Waals surface area (Å²) in [6.07, 6.45) is 1.05. The van der Waals surface area contributed by atoms with E-state index in [1.54, 1.807) is 24.3 Å². The number of sulfonamides is 1. The molecular weight excluding hydrogens is 455 g/mol. The van der Waals surface area contributed by atoms with Gasteiger partial charge in [-0.2, -0.15) is 4.31 Å². The molecule has 0 radical (unpaired) electrons. The van der Waals surface area contributed by atoms with Crippen molar-refractivity contribution in [1.29, 1.82) is 0 Å². The number of benzene rings is 2. The van der Waals surface area contributed by atoms with Crippen LogP contribution in [0.1, 0.15) is 30.6 Å². The van der Waals surface area contributed by atoms with Crippen LogP contribution in [0.25, 0.3) is 0 Å². The largest absolute Gasteiger partial charge is 0.369 e. The highest BCUT2D eigenvalue weighted by Gasteiger charge is 2.29. The van der Waals surface area contributed by atoms with Crippen LogP contribution in [-0.4, -0.2) is 75.4 Å². The molecule has 2 aliphatic rings. The van der Waals surface area contributed by atoms with Gasteiger partial charge in [-0.25, -0.2) is 12.8 Å². The predicted octanol–water partition coefficient (Wildman–Crippen LogP) is 2.80. The molecule has 2 aromatic carbocycles. The van der Waals surface area contributed by atoms with Crippen molar-refractivity contribution < 1.29 is 17.6 Å². The molecule has 2 aliphatic heterocycles. The number of nitrogens with one attached hydrogen (secondary N) is 1. The van der Waals surface area contributed by atoms with E-state index in [1.165, 1.54) is 28.6 Å². The number of hydrogen-bond donors (Lipinski definition) is 1. The maximum atomic E-state index is 13.2. The first-order chi connectivity index (χ1) is 16.2. The SMILES string of the molecule is CC(C)N1CCC(CNC(=O)c2cccc(S(=O)(=O)N3CCN(c4ccc(F)cc4)CC3)c2)C1. The summed E-state index contributed by atoms with van der Waals surface area (Å²) in [6.45, 7) is 8.63. The lowest BCUT2D eigenvalue weighted by atomic mass is 10.1. The van der Waals surface area contributed by atoms with Gasteiger partial charge in [0.05, 0.1) is 4.90 Å². The standard InChI is InChI=1S/C25H33FN4O3S/c1-19(2)29-11-10-20(18-29)17-27-25(31)21-4-3-5-24(16-21)34(32,33)30-14-12-28(13-15-30)23-8-6-22(26)7-9-23/h3-9,16,19-20H,10-15,17-18H2,1-2H3,(H,27,31). The third-order valence-corrected chi connectivity index (χ3v) is 8.66. The van der Waals surface area contributed by atoms with Crippen molar-refractivity contribution >= 4 is 21.6 Å². The fourth-order valence-corrected chi connectivity index (χ4v) is 6.09. The molecule has 1 unspecified atom stereocenters. The van der Waals surface area contributed by atoms with Gasteiger partial charge in [-0.15, -0.1) is 0 Å². The van der Waals surface area contributed by atoms with Crippen molar-refractivity contribution in [2.45, 2.75) is 31.2 Å². The van der Waals surface area contributed by atoms with Gasteiger partial charge in [-0.3, -0.25) is 4.79 Å². The van der Waals surface area contributed by atoms with E-state index >= 15 is 0 Å². The van der Waals surface area contributed by atoms with Gasteiger partial charge in [0, 0.05) is 56.6 Å². The molecule has 0 spiro atoms. The van der Waals surface area contributed by atoms with Crippen molar-refractivity contribution in [2.75, 3.05) is 50.7 Å². The fraction of sp³-hybridized carbons (Fsp3) is 0.480. The number of hydrogen-bond acceptors (Lipinski definition) is 5. The number of rotatable bonds is 7. The van der Waals surface area contributed by atoms with E-state index in [9.17, 15) is 17.6 Å². The molecule has 2 saturated heterocycles. The van der Waals surface area contributed by atoms with Gasteiger partial charge in [0.1, 0.15) is 5.82 Å². The Bertz CT molecular complexity index is 1100. The van der Waals surface area contributed by atoms with E-state index < -0.39 is 10.0 Å². The molecule has 2 aromatic rings. The van der Waals surface area contributed by atoms with Crippen LogP contribution in [0.15, 0.2) is 53.4 Å². The topological polar surface area (TPSA) is 73.0 Å². The lowest BCUT2D eigenvalue weighted by Gasteiger charge is -2.35. The lowest BCUT2D eigenvalue weighted by Crippen LogP contribution is -2.48. The predicted molar refractivity (Wildman–Crippen MR) is 131 cm³/mol. The summed E-state index contributed by atoms with van der Waals surface area (Å²) < 4.78 is 41.1. The summed E-state index contributed by atoms with van der Waals surface area (Å²) in [4.78, 5) is 17.3. The number of carbonyl (C=O) groups excluding carboxylic acids is 1. The second-order valence-corrected chi connectivity index (χ2v) is 11.3. The van der Waals surface area contributed by atoms with Crippen molar-refractivity contribution in [3.8, 4) is 0 Å². The number of carbonyl (C=O) groups is 1. The van der Waals surface area contributed by atoms with Crippen LogP contribution in [0.4, 0.5) is 10.1 Å². The van der Waals surface area contributed by atoms with Crippen LogP contribution in [0.3, 0.4) is 0 Å². The molecule has 0 bridgehead atoms. The summed E-state index contributed by atoms with van der Waals surface area (Å²) in [6, 6.07) is 13.0. The zero-order valence-electron chi connectivity index (χ0n) is 19.8. The van der Waals surface area contributed by atoms with Crippen molar-refractivity contribution in [3.63, 3.8) is 0 Å². The molecule has 0 saturated carbocycles. The van der Waals surface area contributed by atoms with Gasteiger partial charge in [0.15, 0.2) is 0 Å². The summed E-state index contributed by atoms with van der Waals surface area (Å²) in [5.74, 6) is -0.133. The Morgan fingerprint density at radius 3 is 2.41 bits per heavy atom. The second kappa shape index (κ2) is 10.4. The number of nitrogens with zero attached hydrogens (tertiary/aromatic N) is 3. The summed E-state index contributed by atoms with van der Waals surface area (Å²) in [5, 5.41) is 2.98. The zero-order valence-corrected chi connectivity index (χ0v) is 20.6. The number of likely N-dealkylation sites (tertiary alicyclic amines) is 1. The number of anilines is 1. The van der Waals surface area contributed by atoms with Crippen LogP contribution < -0.4 is 10.2 Å². The highest BCUT2D eigenvalue weighted by molar-refractivity contribution is 7.89. The maximum absolute atomic E-state index is 13.2. The summed E-state index contributed by atoms with van der Waals surface area (Å²) in [5.41, 5.74) is 1.22. The molecule has 184 valence electrons. The molecule has 34 heavy (non-hydrogen) atoms. The van der Waals surface area contributed by atoms with E-state index in [4.69, 9.17) is 0 Å². The van der Waals surface area contributed by atoms with Crippen molar-refractivity contribution in [1.82, 2.24) is 14.5 Å². The van der Waals surface area contributed by atoms with Crippen molar-refractivity contribution in [3.05, 3.63) is 59.9 Å². The molecule has 4 rings (SSSR count). The van der Waals surface area contributed by atoms with Gasteiger partial charge >= 0.3 is 0 Å². The molecule has 0 aromatic heterocycles. The minimum absolute atomic E-state index is 0.127. The highest BCUT2D eigenvalue weighted by atomic mass is 32.2. The lowest BCUT2D eigenvalue weighted by molar-refractivity contribution is 0.0947. The zero-order chi connectivity index (χ0) is 24.3. The number of halogens is 1. The molecule has 2 heterocycles. The molecule has 0 aliphatic carbocycles. The monoisotopic (exact) mass is 488 g/mol. The Morgan fingerprint density at radius 1 is 1.06 bits per heavy atom. The van der Waals surface area contributed by atoms with Gasteiger partial charge in [-0.05, 0) is 75.2 Å². The Balaban J connectivity index is 1.36. The Morgan fingerprint density at radius 2 is 1.76 bits per heavy atom. The summed E-state index contributed by atoms with van der Waals surface area (Å²) in [7, 11) is -3.72. The average molecular weight is 489 g/mol. The average Bonchev–Trinajstić information content (AvgIpc) is 3.33. The van der Waals surface area contributed by atoms with Crippen LogP contribution in [0.5, 0.6) is 0 Å². The number of amides is 1. The van der Waals surface area contributed by atoms with Crippen LogP contribution >= 0.6 is 0 Å². The van der Waals surface area contributed by atoms with E-state index in [-0.39, 0.29) is 16.6 Å². The van der Waals surface area contributed by atoms with E-state index in [1.807, 2.05) is 4.90 Å². The van der Waals surface area contributed by atoms with Crippen LogP contribution in [-0.2, 0) is 10.0 Å². The fourth-order valence-electron chi connectivity index (χ4n) is 4.62. The van der Waals surface area contributed by atoms with Crippen LogP contribution in [0.2, 0.25) is 0 Å². The van der Waals surface area contributed by atoms with Gasteiger partial charge in [0.2, 0.25) is 10.0 Å². The minimum atomic E-state index is -3.72. The quantitative estimate of drug-likeness (QED) is 0.649. The Hall–Kier alpha value is -2.49. The third-order valence-electron chi connectivity index (χ3n) is 6.76. The Labute approximate surface area is 201 Å². The third kappa shape index (κ3) is 5.59.